The molecule has 0 radical (unpaired) electrons. The fraction of sp³-hybridized carbons (Fsp3) is 0.938. The van der Waals surface area contributed by atoms with Crippen LogP contribution in [0.1, 0.15) is 61.8 Å². The van der Waals surface area contributed by atoms with Crippen molar-refractivity contribution in [2.75, 3.05) is 6.61 Å². The molecule has 0 spiro atoms. The molecule has 0 aromatic rings. The van der Waals surface area contributed by atoms with E-state index in [0.29, 0.717) is 23.2 Å². The number of ether oxygens (including phenoxy) is 2. The highest BCUT2D eigenvalue weighted by molar-refractivity contribution is 6.77. The average molecular weight is 317 g/mol. The highest BCUT2D eigenvalue weighted by Gasteiger charge is 2.46. The van der Waals surface area contributed by atoms with Crippen molar-refractivity contribution < 1.29 is 18.7 Å². The number of carbonyl (C=O) groups excluding carboxylic acids is 1. The Labute approximate surface area is 130 Å². The first-order valence-corrected chi connectivity index (χ1v) is 10.2. The van der Waals surface area contributed by atoms with Crippen LogP contribution in [0.4, 0.5) is 0 Å². The smallest absolute Gasteiger partial charge is 0.311 e. The molecule has 5 heteroatoms. The van der Waals surface area contributed by atoms with Crippen molar-refractivity contribution in [3.8, 4) is 0 Å². The molecule has 0 aromatic heterocycles. The van der Waals surface area contributed by atoms with Gasteiger partial charge in [0, 0.05) is 13.8 Å². The second-order valence-corrected chi connectivity index (χ2v) is 12.9. The molecule has 4 nitrogen and oxygen atoms in total. The van der Waals surface area contributed by atoms with Crippen molar-refractivity contribution in [3.05, 3.63) is 0 Å². The lowest BCUT2D eigenvalue weighted by molar-refractivity contribution is -0.261. The molecule has 0 bridgehead atoms. The van der Waals surface area contributed by atoms with Crippen LogP contribution in [-0.4, -0.2) is 32.8 Å². The van der Waals surface area contributed by atoms with Crippen molar-refractivity contribution in [2.45, 2.75) is 90.3 Å². The zero-order chi connectivity index (χ0) is 16.4. The number of esters is 1. The van der Waals surface area contributed by atoms with Crippen molar-refractivity contribution in [1.29, 1.82) is 0 Å². The number of cyclic esters (lactones) is 1. The third-order valence-corrected chi connectivity index (χ3v) is 10.5. The van der Waals surface area contributed by atoms with Crippen LogP contribution >= 0.6 is 0 Å². The molecule has 1 rings (SSSR count). The number of hydrogen-bond donors (Lipinski definition) is 0. The van der Waals surface area contributed by atoms with Gasteiger partial charge in [-0.1, -0.05) is 41.5 Å². The van der Waals surface area contributed by atoms with E-state index in [1.54, 1.807) is 13.8 Å². The largest absolute Gasteiger partial charge is 0.434 e. The van der Waals surface area contributed by atoms with E-state index in [-0.39, 0.29) is 18.5 Å². The van der Waals surface area contributed by atoms with E-state index >= 15 is 0 Å². The Kier molecular flexibility index (Phi) is 6.04. The van der Waals surface area contributed by atoms with Gasteiger partial charge in [-0.05, 0) is 16.6 Å². The van der Waals surface area contributed by atoms with Gasteiger partial charge >= 0.3 is 5.97 Å². The minimum Gasteiger partial charge on any atom is -0.434 e. The van der Waals surface area contributed by atoms with Gasteiger partial charge in [0.1, 0.15) is 0 Å². The Morgan fingerprint density at radius 2 is 1.62 bits per heavy atom. The molecule has 124 valence electrons. The molecule has 0 N–H and O–H groups in total. The Balaban J connectivity index is 2.80. The van der Waals surface area contributed by atoms with Crippen molar-refractivity contribution in [2.24, 2.45) is 0 Å². The van der Waals surface area contributed by atoms with Crippen LogP contribution in [0.2, 0.25) is 16.6 Å². The van der Waals surface area contributed by atoms with Gasteiger partial charge in [0.05, 0.1) is 19.1 Å². The van der Waals surface area contributed by atoms with Gasteiger partial charge in [-0.25, -0.2) is 0 Å². The molecule has 1 saturated heterocycles. The van der Waals surface area contributed by atoms with E-state index in [1.165, 1.54) is 0 Å². The van der Waals surface area contributed by atoms with Gasteiger partial charge in [-0.15, -0.1) is 0 Å². The lowest BCUT2D eigenvalue weighted by atomic mass is 10.2. The third-order valence-electron chi connectivity index (χ3n) is 4.43. The second kappa shape index (κ2) is 6.80. The Hall–Kier alpha value is -0.393. The van der Waals surface area contributed by atoms with Crippen LogP contribution in [0.5, 0.6) is 0 Å². The van der Waals surface area contributed by atoms with Crippen LogP contribution in [0, 0.1) is 0 Å². The first-order valence-electron chi connectivity index (χ1n) is 8.05. The molecule has 1 aliphatic rings. The normalized spacial score (nSPS) is 23.0. The van der Waals surface area contributed by atoms with Crippen molar-refractivity contribution >= 4 is 14.3 Å². The summed E-state index contributed by atoms with van der Waals surface area (Å²) in [7, 11) is -1.91. The summed E-state index contributed by atoms with van der Waals surface area (Å²) >= 11 is 0. The van der Waals surface area contributed by atoms with Crippen LogP contribution in [-0.2, 0) is 18.7 Å². The Morgan fingerprint density at radius 3 is 2.00 bits per heavy atom. The van der Waals surface area contributed by atoms with Crippen LogP contribution in [0.3, 0.4) is 0 Å². The van der Waals surface area contributed by atoms with E-state index < -0.39 is 14.1 Å². The van der Waals surface area contributed by atoms with E-state index in [4.69, 9.17) is 13.9 Å². The first-order chi connectivity index (χ1) is 9.51. The fourth-order valence-corrected chi connectivity index (χ4v) is 9.27. The Bertz CT molecular complexity index is 342. The van der Waals surface area contributed by atoms with Gasteiger partial charge in [0.2, 0.25) is 5.79 Å². The highest BCUT2D eigenvalue weighted by atomic mass is 28.4. The SMILES string of the molecule is CC(C)[Si](OC[C@@H]1CC(=O)OC(C)(C)O1)(C(C)C)C(C)C. The lowest BCUT2D eigenvalue weighted by Crippen LogP contribution is -2.51. The van der Waals surface area contributed by atoms with Crippen molar-refractivity contribution in [1.82, 2.24) is 0 Å². The monoisotopic (exact) mass is 316 g/mol. The van der Waals surface area contributed by atoms with Crippen molar-refractivity contribution in [3.63, 3.8) is 0 Å². The molecule has 1 aliphatic heterocycles. The molecule has 1 heterocycles. The number of hydrogen-bond acceptors (Lipinski definition) is 4. The van der Waals surface area contributed by atoms with Crippen LogP contribution in [0.15, 0.2) is 0 Å². The van der Waals surface area contributed by atoms with Gasteiger partial charge in [-0.3, -0.25) is 4.79 Å². The van der Waals surface area contributed by atoms with Gasteiger partial charge in [-0.2, -0.15) is 0 Å². The maximum absolute atomic E-state index is 11.7. The van der Waals surface area contributed by atoms with Crippen LogP contribution in [0.25, 0.3) is 0 Å². The van der Waals surface area contributed by atoms with Crippen LogP contribution < -0.4 is 0 Å². The quantitative estimate of drug-likeness (QED) is 0.543. The molecule has 0 aromatic carbocycles. The molecular weight excluding hydrogens is 284 g/mol. The molecule has 1 fully saturated rings. The standard InChI is InChI=1S/C16H32O4Si/c1-11(2)21(12(3)4,13(5)6)18-10-14-9-15(17)20-16(7,8)19-14/h11-14H,9-10H2,1-8H3/t14-/m0/s1. The summed E-state index contributed by atoms with van der Waals surface area (Å²) in [6.07, 6.45) is 0.0757. The molecule has 1 atom stereocenters. The minimum absolute atomic E-state index is 0.203. The summed E-state index contributed by atoms with van der Waals surface area (Å²) in [5, 5.41) is 0. The minimum atomic E-state index is -1.91. The average Bonchev–Trinajstić information content (AvgIpc) is 2.25. The van der Waals surface area contributed by atoms with Gasteiger partial charge in [0.25, 0.3) is 0 Å². The maximum atomic E-state index is 11.7. The predicted octanol–water partition coefficient (Wildman–Crippen LogP) is 4.25. The Morgan fingerprint density at radius 1 is 1.14 bits per heavy atom. The molecule has 0 unspecified atom stereocenters. The highest BCUT2D eigenvalue weighted by Crippen LogP contribution is 2.42. The number of rotatable bonds is 6. The summed E-state index contributed by atoms with van der Waals surface area (Å²) in [4.78, 5) is 11.7. The summed E-state index contributed by atoms with van der Waals surface area (Å²) < 4.78 is 17.5. The molecular formula is C16H32O4Si. The fourth-order valence-electron chi connectivity index (χ4n) is 3.80. The topological polar surface area (TPSA) is 44.8 Å². The summed E-state index contributed by atoms with van der Waals surface area (Å²) in [5.74, 6) is -1.05. The zero-order valence-corrected chi connectivity index (χ0v) is 15.9. The van der Waals surface area contributed by atoms with E-state index in [1.807, 2.05) is 0 Å². The zero-order valence-electron chi connectivity index (χ0n) is 14.9. The molecule has 0 aliphatic carbocycles. The van der Waals surface area contributed by atoms with E-state index in [2.05, 4.69) is 41.5 Å². The third kappa shape index (κ3) is 4.30. The van der Waals surface area contributed by atoms with Gasteiger partial charge < -0.3 is 13.9 Å². The van der Waals surface area contributed by atoms with E-state index in [9.17, 15) is 4.79 Å². The predicted molar refractivity (Wildman–Crippen MR) is 86.7 cm³/mol. The van der Waals surface area contributed by atoms with Gasteiger partial charge in [0.15, 0.2) is 8.32 Å². The maximum Gasteiger partial charge on any atom is 0.311 e. The molecule has 21 heavy (non-hydrogen) atoms. The van der Waals surface area contributed by atoms with E-state index in [0.717, 1.165) is 0 Å². The second-order valence-electron chi connectivity index (χ2n) is 7.45. The molecule has 0 saturated carbocycles. The summed E-state index contributed by atoms with van der Waals surface area (Å²) in [6, 6.07) is 0. The number of carbonyl (C=O) groups is 1. The molecule has 0 amide bonds. The summed E-state index contributed by atoms with van der Waals surface area (Å²) in [6.45, 7) is 17.6. The lowest BCUT2D eigenvalue weighted by Gasteiger charge is -2.44. The first kappa shape index (κ1) is 18.7. The summed E-state index contributed by atoms with van der Waals surface area (Å²) in [5.41, 5.74) is 1.59.